The molecule has 0 aromatic heterocycles. The first-order chi connectivity index (χ1) is 18.2. The lowest BCUT2D eigenvalue weighted by Gasteiger charge is -2.28. The number of hydrogen-bond acceptors (Lipinski definition) is 1. The summed E-state index contributed by atoms with van der Waals surface area (Å²) in [6, 6.07) is 15.8. The zero-order valence-corrected chi connectivity index (χ0v) is 24.1. The van der Waals surface area contributed by atoms with E-state index in [2.05, 4.69) is 144 Å². The molecule has 1 atom stereocenters. The first-order valence-electron chi connectivity index (χ1n) is 14.0. The smallest absolute Gasteiger partial charge is 0.0448 e. The fourth-order valence-corrected chi connectivity index (χ4v) is 5.48. The minimum Gasteiger partial charge on any atom is -0.337 e. The van der Waals surface area contributed by atoms with Crippen molar-refractivity contribution in [1.82, 2.24) is 0 Å². The minimum atomic E-state index is 0.0738. The zero-order valence-electron chi connectivity index (χ0n) is 24.1. The van der Waals surface area contributed by atoms with Crippen molar-refractivity contribution in [1.29, 1.82) is 0 Å². The number of allylic oxidation sites excluding steroid dienone is 11. The van der Waals surface area contributed by atoms with Crippen molar-refractivity contribution in [3.05, 3.63) is 137 Å². The van der Waals surface area contributed by atoms with Gasteiger partial charge in [-0.1, -0.05) is 107 Å². The van der Waals surface area contributed by atoms with E-state index in [0.717, 1.165) is 19.4 Å². The van der Waals surface area contributed by atoms with Crippen molar-refractivity contribution in [2.75, 3.05) is 11.4 Å². The molecule has 0 saturated heterocycles. The summed E-state index contributed by atoms with van der Waals surface area (Å²) in [4.78, 5) is 2.40. The Morgan fingerprint density at radius 3 is 2.42 bits per heavy atom. The topological polar surface area (TPSA) is 3.24 Å². The molecule has 2 aromatic carbocycles. The van der Waals surface area contributed by atoms with E-state index in [9.17, 15) is 0 Å². The van der Waals surface area contributed by atoms with Crippen LogP contribution in [0.3, 0.4) is 0 Å². The summed E-state index contributed by atoms with van der Waals surface area (Å²) in [5.41, 5.74) is 11.6. The van der Waals surface area contributed by atoms with E-state index >= 15 is 0 Å². The number of rotatable bonds is 5. The van der Waals surface area contributed by atoms with Crippen LogP contribution in [0.5, 0.6) is 0 Å². The van der Waals surface area contributed by atoms with Gasteiger partial charge >= 0.3 is 0 Å². The highest BCUT2D eigenvalue weighted by Crippen LogP contribution is 2.36. The molecule has 0 bridgehead atoms. The van der Waals surface area contributed by atoms with E-state index in [4.69, 9.17) is 0 Å². The van der Waals surface area contributed by atoms with Gasteiger partial charge in [-0.2, -0.15) is 0 Å². The molecule has 0 amide bonds. The monoisotopic (exact) mass is 501 g/mol. The van der Waals surface area contributed by atoms with Crippen molar-refractivity contribution in [2.45, 2.75) is 59.8 Å². The Kier molecular flexibility index (Phi) is 8.57. The van der Waals surface area contributed by atoms with Crippen LogP contribution in [0.2, 0.25) is 0 Å². The number of nitrogens with zero attached hydrogens (tertiary/aromatic N) is 1. The van der Waals surface area contributed by atoms with Crippen molar-refractivity contribution in [2.24, 2.45) is 5.92 Å². The summed E-state index contributed by atoms with van der Waals surface area (Å²) in [6.45, 7) is 18.5. The third-order valence-corrected chi connectivity index (χ3v) is 7.42. The predicted octanol–water partition coefficient (Wildman–Crippen LogP) is 10.1. The second-order valence-corrected chi connectivity index (χ2v) is 11.5. The maximum absolute atomic E-state index is 4.24. The van der Waals surface area contributed by atoms with Crippen LogP contribution < -0.4 is 4.90 Å². The highest BCUT2D eigenvalue weighted by Gasteiger charge is 2.22. The Bertz CT molecular complexity index is 1360. The Morgan fingerprint density at radius 1 is 0.974 bits per heavy atom. The van der Waals surface area contributed by atoms with Crippen LogP contribution in [-0.4, -0.2) is 6.54 Å². The fourth-order valence-electron chi connectivity index (χ4n) is 5.48. The van der Waals surface area contributed by atoms with E-state index in [0.29, 0.717) is 0 Å². The van der Waals surface area contributed by atoms with Crippen molar-refractivity contribution in [3.8, 4) is 0 Å². The molecule has 2 aliphatic rings. The van der Waals surface area contributed by atoms with Gasteiger partial charge in [0.1, 0.15) is 0 Å². The normalized spacial score (nSPS) is 22.8. The summed E-state index contributed by atoms with van der Waals surface area (Å²) >= 11 is 0. The van der Waals surface area contributed by atoms with Gasteiger partial charge in [0.05, 0.1) is 0 Å². The lowest BCUT2D eigenvalue weighted by atomic mass is 9.79. The van der Waals surface area contributed by atoms with Gasteiger partial charge in [-0.25, -0.2) is 0 Å². The molecular weight excluding hydrogens is 458 g/mol. The lowest BCUT2D eigenvalue weighted by molar-refractivity contribution is 0.588. The largest absolute Gasteiger partial charge is 0.337 e. The van der Waals surface area contributed by atoms with E-state index < -0.39 is 0 Å². The second kappa shape index (κ2) is 11.9. The molecule has 1 unspecified atom stereocenters. The molecule has 38 heavy (non-hydrogen) atoms. The van der Waals surface area contributed by atoms with Crippen LogP contribution in [0.15, 0.2) is 115 Å². The Hall–Kier alpha value is -3.58. The third-order valence-electron chi connectivity index (χ3n) is 7.42. The van der Waals surface area contributed by atoms with E-state index in [1.165, 1.54) is 50.4 Å². The van der Waals surface area contributed by atoms with Gasteiger partial charge in [0.2, 0.25) is 0 Å². The van der Waals surface area contributed by atoms with Crippen LogP contribution in [0.1, 0.15) is 69.7 Å². The minimum absolute atomic E-state index is 0.0738. The summed E-state index contributed by atoms with van der Waals surface area (Å²) in [5, 5.41) is 0. The van der Waals surface area contributed by atoms with Gasteiger partial charge in [0.25, 0.3) is 0 Å². The summed E-state index contributed by atoms with van der Waals surface area (Å²) in [7, 11) is 0. The van der Waals surface area contributed by atoms with Gasteiger partial charge in [-0.3, -0.25) is 0 Å². The van der Waals surface area contributed by atoms with Gasteiger partial charge in [-0.15, -0.1) is 0 Å². The van der Waals surface area contributed by atoms with Crippen LogP contribution in [-0.2, 0) is 5.41 Å². The van der Waals surface area contributed by atoms with Crippen molar-refractivity contribution < 1.29 is 0 Å². The van der Waals surface area contributed by atoms with Crippen LogP contribution in [0.25, 0.3) is 11.1 Å². The SMILES string of the molecule is C=C/C1=C(\C=C/C)N(c2cccc(C)c2)C/C=C\C(c2ccc(C(C)(C)C)c(C3=CCCC=C3)c2)=C/C1C. The Morgan fingerprint density at radius 2 is 1.76 bits per heavy atom. The predicted molar refractivity (Wildman–Crippen MR) is 168 cm³/mol. The molecule has 1 aliphatic heterocycles. The highest BCUT2D eigenvalue weighted by molar-refractivity contribution is 5.83. The molecule has 4 rings (SSSR count). The Balaban J connectivity index is 1.85. The summed E-state index contributed by atoms with van der Waals surface area (Å²) in [6.07, 6.45) is 22.6. The average Bonchev–Trinajstić information content (AvgIpc) is 2.96. The van der Waals surface area contributed by atoms with Crippen LogP contribution in [0.4, 0.5) is 5.69 Å². The summed E-state index contributed by atoms with van der Waals surface area (Å²) < 4.78 is 0. The van der Waals surface area contributed by atoms with E-state index in [-0.39, 0.29) is 11.3 Å². The van der Waals surface area contributed by atoms with Gasteiger partial charge in [-0.05, 0) is 95.4 Å². The molecular formula is C37H43N. The maximum atomic E-state index is 4.24. The standard InChI is InChI=1S/C37H43N/c1-8-15-36-33(9-2)28(4)25-30(19-14-23-38(36)32-20-13-16-27(3)24-32)31-21-22-35(37(5,6)7)34(26-31)29-17-11-10-12-18-29/h8-9,11,13-22,24-26,28H,2,10,12,23H2,1,3-7H3/b15-8-,19-14-,30-25+,36-33-. The third kappa shape index (κ3) is 6.10. The van der Waals surface area contributed by atoms with Gasteiger partial charge in [0, 0.05) is 23.8 Å². The zero-order chi connectivity index (χ0) is 27.3. The summed E-state index contributed by atoms with van der Waals surface area (Å²) in [5.74, 6) is 0.197. The molecule has 1 heterocycles. The van der Waals surface area contributed by atoms with Crippen molar-refractivity contribution in [3.63, 3.8) is 0 Å². The van der Waals surface area contributed by atoms with Gasteiger partial charge < -0.3 is 4.90 Å². The molecule has 0 radical (unpaired) electrons. The van der Waals surface area contributed by atoms with E-state index in [1.54, 1.807) is 0 Å². The quantitative estimate of drug-likeness (QED) is 0.394. The highest BCUT2D eigenvalue weighted by atomic mass is 15.1. The average molecular weight is 502 g/mol. The molecule has 0 fully saturated rings. The van der Waals surface area contributed by atoms with E-state index in [1.807, 2.05) is 6.08 Å². The molecule has 2 aromatic rings. The van der Waals surface area contributed by atoms with Crippen LogP contribution in [0, 0.1) is 12.8 Å². The number of anilines is 1. The van der Waals surface area contributed by atoms with Crippen molar-refractivity contribution >= 4 is 16.8 Å². The second-order valence-electron chi connectivity index (χ2n) is 11.5. The maximum Gasteiger partial charge on any atom is 0.0448 e. The number of hydrogen-bond donors (Lipinski definition) is 0. The van der Waals surface area contributed by atoms with Crippen LogP contribution >= 0.6 is 0 Å². The first-order valence-corrected chi connectivity index (χ1v) is 14.0. The first kappa shape index (κ1) is 27.5. The molecule has 1 nitrogen and oxygen atoms in total. The molecule has 1 heteroatoms. The number of benzene rings is 2. The lowest BCUT2D eigenvalue weighted by Crippen LogP contribution is -2.24. The molecule has 0 N–H and O–H groups in total. The Labute approximate surface area is 231 Å². The number of aryl methyl sites for hydroxylation is 1. The molecule has 0 spiro atoms. The van der Waals surface area contributed by atoms with Gasteiger partial charge in [0.15, 0.2) is 0 Å². The fraction of sp³-hybridized carbons (Fsp3) is 0.297. The molecule has 1 aliphatic carbocycles. The molecule has 0 saturated carbocycles. The molecule has 196 valence electrons.